The van der Waals surface area contributed by atoms with Gasteiger partial charge in [-0.3, -0.25) is 4.79 Å². The van der Waals surface area contributed by atoms with Crippen LogP contribution in [-0.2, 0) is 14.8 Å². The number of aliphatic carboxylic acids is 1. The van der Waals surface area contributed by atoms with Crippen molar-refractivity contribution < 1.29 is 18.3 Å². The lowest BCUT2D eigenvalue weighted by Gasteiger charge is -2.10. The molecular formula is C19H24INO4S. The van der Waals surface area contributed by atoms with E-state index in [0.717, 1.165) is 34.8 Å². The van der Waals surface area contributed by atoms with Crippen molar-refractivity contribution in [1.82, 2.24) is 4.72 Å². The third-order valence-corrected chi connectivity index (χ3v) is 6.16. The van der Waals surface area contributed by atoms with Crippen molar-refractivity contribution in [2.45, 2.75) is 44.6 Å². The summed E-state index contributed by atoms with van der Waals surface area (Å²) >= 11 is 2.21. The second-order valence-corrected chi connectivity index (χ2v) is 9.34. The number of halogens is 1. The zero-order chi connectivity index (χ0) is 19.0. The molecule has 2 atom stereocenters. The molecule has 26 heavy (non-hydrogen) atoms. The van der Waals surface area contributed by atoms with Gasteiger partial charge < -0.3 is 5.11 Å². The minimum absolute atomic E-state index is 0.0463. The van der Waals surface area contributed by atoms with Gasteiger partial charge in [0.1, 0.15) is 0 Å². The third-order valence-electron chi connectivity index (χ3n) is 4.28. The van der Waals surface area contributed by atoms with E-state index < -0.39 is 16.0 Å². The summed E-state index contributed by atoms with van der Waals surface area (Å²) in [7, 11) is -3.46. The second kappa shape index (κ2) is 10.2. The smallest absolute Gasteiger partial charge is 0.303 e. The minimum atomic E-state index is -3.46. The standard InChI is InChI=1S/C19H24INO4S/c20-17-9-6-15(7-10-17)12-13-26(24,25)21-18-11-8-16(14-18)4-2-1-3-5-19(22)23/h2,4,6-7,9-10,12-13,16,18,21H,1,3,5,8,11,14H2,(H,22,23)/b4-2+,13-12+. The molecule has 2 rings (SSSR count). The Morgan fingerprint density at radius 1 is 1.27 bits per heavy atom. The summed E-state index contributed by atoms with van der Waals surface area (Å²) in [6.45, 7) is 0. The molecule has 7 heteroatoms. The summed E-state index contributed by atoms with van der Waals surface area (Å²) < 4.78 is 28.3. The molecule has 2 unspecified atom stereocenters. The number of unbranched alkanes of at least 4 members (excludes halogenated alkanes) is 1. The number of hydrogen-bond acceptors (Lipinski definition) is 3. The molecular weight excluding hydrogens is 465 g/mol. The fraction of sp³-hybridized carbons (Fsp3) is 0.421. The average molecular weight is 489 g/mol. The fourth-order valence-electron chi connectivity index (χ4n) is 2.97. The zero-order valence-electron chi connectivity index (χ0n) is 14.5. The number of carboxylic acid groups (broad SMARTS) is 1. The fourth-order valence-corrected chi connectivity index (χ4v) is 4.42. The van der Waals surface area contributed by atoms with Crippen LogP contribution in [0.2, 0.25) is 0 Å². The van der Waals surface area contributed by atoms with E-state index in [1.807, 2.05) is 30.3 Å². The Morgan fingerprint density at radius 2 is 2.00 bits per heavy atom. The highest BCUT2D eigenvalue weighted by Gasteiger charge is 2.25. The van der Waals surface area contributed by atoms with Crippen LogP contribution in [0.25, 0.3) is 6.08 Å². The minimum Gasteiger partial charge on any atom is -0.481 e. The van der Waals surface area contributed by atoms with Crippen LogP contribution >= 0.6 is 22.6 Å². The van der Waals surface area contributed by atoms with Crippen LogP contribution in [-0.4, -0.2) is 25.5 Å². The summed E-state index contributed by atoms with van der Waals surface area (Å²) in [4.78, 5) is 10.5. The van der Waals surface area contributed by atoms with Gasteiger partial charge in [0.15, 0.2) is 0 Å². The molecule has 0 heterocycles. The summed E-state index contributed by atoms with van der Waals surface area (Å²) in [5.41, 5.74) is 0.851. The number of sulfonamides is 1. The number of hydrogen-bond donors (Lipinski definition) is 2. The van der Waals surface area contributed by atoms with Gasteiger partial charge >= 0.3 is 5.97 Å². The zero-order valence-corrected chi connectivity index (χ0v) is 17.4. The molecule has 5 nitrogen and oxygen atoms in total. The van der Waals surface area contributed by atoms with Gasteiger partial charge in [0.05, 0.1) is 0 Å². The Labute approximate surface area is 168 Å². The van der Waals surface area contributed by atoms with Gasteiger partial charge in [-0.1, -0.05) is 24.3 Å². The molecule has 0 aromatic heterocycles. The highest BCUT2D eigenvalue weighted by Crippen LogP contribution is 2.27. The Balaban J connectivity index is 1.78. The number of nitrogens with one attached hydrogen (secondary N) is 1. The highest BCUT2D eigenvalue weighted by molar-refractivity contribution is 14.1. The van der Waals surface area contributed by atoms with Crippen molar-refractivity contribution in [2.75, 3.05) is 0 Å². The monoisotopic (exact) mass is 489 g/mol. The molecule has 1 aromatic rings. The van der Waals surface area contributed by atoms with Crippen molar-refractivity contribution >= 4 is 44.7 Å². The van der Waals surface area contributed by atoms with E-state index in [-0.39, 0.29) is 12.5 Å². The predicted molar refractivity (Wildman–Crippen MR) is 112 cm³/mol. The molecule has 0 aliphatic heterocycles. The van der Waals surface area contributed by atoms with E-state index in [4.69, 9.17) is 5.11 Å². The largest absolute Gasteiger partial charge is 0.481 e. The van der Waals surface area contributed by atoms with Crippen LogP contribution in [0.15, 0.2) is 41.8 Å². The van der Waals surface area contributed by atoms with Crippen molar-refractivity contribution in [3.63, 3.8) is 0 Å². The van der Waals surface area contributed by atoms with Crippen LogP contribution in [0.4, 0.5) is 0 Å². The second-order valence-electron chi connectivity index (χ2n) is 6.50. The molecule has 0 radical (unpaired) electrons. The maximum atomic E-state index is 12.2. The van der Waals surface area contributed by atoms with Crippen LogP contribution in [0.5, 0.6) is 0 Å². The molecule has 0 bridgehead atoms. The number of benzene rings is 1. The van der Waals surface area contributed by atoms with Gasteiger partial charge in [-0.15, -0.1) is 0 Å². The van der Waals surface area contributed by atoms with Gasteiger partial charge in [0.2, 0.25) is 10.0 Å². The van der Waals surface area contributed by atoms with E-state index in [1.165, 1.54) is 5.41 Å². The van der Waals surface area contributed by atoms with E-state index in [9.17, 15) is 13.2 Å². The first kappa shape index (κ1) is 21.1. The van der Waals surface area contributed by atoms with E-state index in [0.29, 0.717) is 12.3 Å². The van der Waals surface area contributed by atoms with Gasteiger partial charge in [0, 0.05) is 21.4 Å². The summed E-state index contributed by atoms with van der Waals surface area (Å²) in [6, 6.07) is 7.59. The molecule has 0 saturated heterocycles. The van der Waals surface area contributed by atoms with Crippen LogP contribution in [0, 0.1) is 9.49 Å². The Morgan fingerprint density at radius 3 is 2.69 bits per heavy atom. The third kappa shape index (κ3) is 8.01. The summed E-state index contributed by atoms with van der Waals surface area (Å²) in [5, 5.41) is 9.83. The first-order chi connectivity index (χ1) is 12.3. The van der Waals surface area contributed by atoms with Crippen LogP contribution < -0.4 is 4.72 Å². The lowest BCUT2D eigenvalue weighted by atomic mass is 10.1. The van der Waals surface area contributed by atoms with Crippen molar-refractivity contribution in [2.24, 2.45) is 5.92 Å². The van der Waals surface area contributed by atoms with Gasteiger partial charge in [-0.25, -0.2) is 13.1 Å². The Kier molecular flexibility index (Phi) is 8.30. The van der Waals surface area contributed by atoms with Gasteiger partial charge in [-0.05, 0) is 84.4 Å². The highest BCUT2D eigenvalue weighted by atomic mass is 127. The SMILES string of the molecule is O=C(O)CCC/C=C/C1CCC(NS(=O)(=O)/C=C/c2ccc(I)cc2)C1. The van der Waals surface area contributed by atoms with E-state index in [1.54, 1.807) is 6.08 Å². The maximum absolute atomic E-state index is 12.2. The summed E-state index contributed by atoms with van der Waals surface area (Å²) in [5.74, 6) is -0.417. The Hall–Kier alpha value is -1.19. The van der Waals surface area contributed by atoms with E-state index in [2.05, 4.69) is 33.4 Å². The Bertz CT molecular complexity index is 756. The molecule has 2 N–H and O–H groups in total. The molecule has 0 spiro atoms. The topological polar surface area (TPSA) is 83.5 Å². The molecule has 1 aromatic carbocycles. The van der Waals surface area contributed by atoms with Gasteiger partial charge in [0.25, 0.3) is 0 Å². The lowest BCUT2D eigenvalue weighted by Crippen LogP contribution is -2.31. The van der Waals surface area contributed by atoms with Crippen LogP contribution in [0.1, 0.15) is 44.1 Å². The molecule has 142 valence electrons. The maximum Gasteiger partial charge on any atom is 0.303 e. The predicted octanol–water partition coefficient (Wildman–Crippen LogP) is 4.16. The molecule has 1 aliphatic carbocycles. The molecule has 0 amide bonds. The number of rotatable bonds is 9. The normalized spacial score (nSPS) is 21.0. The first-order valence-corrected chi connectivity index (χ1v) is 11.3. The summed E-state index contributed by atoms with van der Waals surface area (Å²) in [6.07, 6.45) is 9.84. The number of allylic oxidation sites excluding steroid dienone is 2. The van der Waals surface area contributed by atoms with Crippen molar-refractivity contribution in [1.29, 1.82) is 0 Å². The first-order valence-electron chi connectivity index (χ1n) is 8.68. The molecule has 1 fully saturated rings. The molecule has 1 aliphatic rings. The molecule has 1 saturated carbocycles. The van der Waals surface area contributed by atoms with Gasteiger partial charge in [-0.2, -0.15) is 0 Å². The van der Waals surface area contributed by atoms with E-state index >= 15 is 0 Å². The average Bonchev–Trinajstić information content (AvgIpc) is 3.00. The number of carboxylic acids is 1. The van der Waals surface area contributed by atoms with Crippen molar-refractivity contribution in [3.05, 3.63) is 51.0 Å². The van der Waals surface area contributed by atoms with Crippen LogP contribution in [0.3, 0.4) is 0 Å². The number of carbonyl (C=O) groups is 1. The quantitative estimate of drug-likeness (QED) is 0.310. The van der Waals surface area contributed by atoms with Crippen molar-refractivity contribution in [3.8, 4) is 0 Å². The lowest BCUT2D eigenvalue weighted by molar-refractivity contribution is -0.137.